The molecular weight excluding hydrogens is 234 g/mol. The first-order valence-electron chi connectivity index (χ1n) is 5.57. The molecule has 1 aromatic rings. The van der Waals surface area contributed by atoms with Crippen molar-refractivity contribution >= 4 is 17.6 Å². The van der Waals surface area contributed by atoms with Gasteiger partial charge in [-0.2, -0.15) is 0 Å². The highest BCUT2D eigenvalue weighted by atomic mass is 16.2. The minimum atomic E-state index is -0.470. The van der Waals surface area contributed by atoms with E-state index < -0.39 is 11.8 Å². The first-order chi connectivity index (χ1) is 8.61. The number of carbonyl (C=O) groups excluding carboxylic acids is 2. The fraction of sp³-hybridized carbons (Fsp3) is 0.364. The summed E-state index contributed by atoms with van der Waals surface area (Å²) in [6.07, 6.45) is 1.60. The van der Waals surface area contributed by atoms with Gasteiger partial charge in [-0.25, -0.2) is 10.8 Å². The molecule has 7 heteroatoms. The molecule has 0 aliphatic carbocycles. The molecule has 2 rings (SSSR count). The lowest BCUT2D eigenvalue weighted by Gasteiger charge is -2.31. The molecule has 7 nitrogen and oxygen atoms in total. The van der Waals surface area contributed by atoms with Crippen LogP contribution in [-0.4, -0.2) is 46.7 Å². The van der Waals surface area contributed by atoms with Gasteiger partial charge in [-0.3, -0.25) is 9.59 Å². The van der Waals surface area contributed by atoms with E-state index in [9.17, 15) is 9.59 Å². The van der Waals surface area contributed by atoms with E-state index in [-0.39, 0.29) is 0 Å². The van der Waals surface area contributed by atoms with E-state index in [2.05, 4.69) is 10.4 Å². The number of likely N-dealkylation sites (N-methyl/N-ethyl adjacent to an activating group) is 1. The van der Waals surface area contributed by atoms with Crippen LogP contribution in [0.1, 0.15) is 5.56 Å². The van der Waals surface area contributed by atoms with Crippen LogP contribution in [0, 0.1) is 0 Å². The molecule has 1 aromatic heterocycles. The van der Waals surface area contributed by atoms with E-state index >= 15 is 0 Å². The topological polar surface area (TPSA) is 91.6 Å². The third kappa shape index (κ3) is 2.40. The monoisotopic (exact) mass is 249 g/mol. The molecule has 18 heavy (non-hydrogen) atoms. The number of rotatable bonds is 3. The van der Waals surface area contributed by atoms with E-state index in [1.807, 2.05) is 0 Å². The molecule has 2 amide bonds. The highest BCUT2D eigenvalue weighted by Crippen LogP contribution is 2.11. The van der Waals surface area contributed by atoms with Crippen LogP contribution in [0.25, 0.3) is 0 Å². The summed E-state index contributed by atoms with van der Waals surface area (Å²) >= 11 is 0. The molecule has 96 valence electrons. The van der Waals surface area contributed by atoms with Crippen molar-refractivity contribution in [3.63, 3.8) is 0 Å². The molecule has 0 saturated carbocycles. The van der Waals surface area contributed by atoms with E-state index in [1.165, 1.54) is 9.80 Å². The Balaban J connectivity index is 2.09. The summed E-state index contributed by atoms with van der Waals surface area (Å²) in [4.78, 5) is 30.2. The van der Waals surface area contributed by atoms with Gasteiger partial charge in [-0.15, -0.1) is 0 Å². The number of pyridine rings is 1. The summed E-state index contributed by atoms with van der Waals surface area (Å²) in [5.74, 6) is 4.86. The molecule has 0 unspecified atom stereocenters. The molecule has 1 aliphatic heterocycles. The maximum Gasteiger partial charge on any atom is 0.312 e. The standard InChI is InChI=1S/C11H15N5O2/c1-15-4-5-16(11(18)10(15)17)7-8-2-3-13-9(6-8)14-12/h2-3,6H,4-5,7,12H2,1H3,(H,13,14). The van der Waals surface area contributed by atoms with Gasteiger partial charge in [0.05, 0.1) is 0 Å². The van der Waals surface area contributed by atoms with Gasteiger partial charge in [0.15, 0.2) is 0 Å². The summed E-state index contributed by atoms with van der Waals surface area (Å²) in [7, 11) is 1.63. The smallest absolute Gasteiger partial charge is 0.312 e. The number of nitrogens with zero attached hydrogens (tertiary/aromatic N) is 3. The molecule has 0 spiro atoms. The third-order valence-corrected chi connectivity index (χ3v) is 2.87. The van der Waals surface area contributed by atoms with Gasteiger partial charge in [0.2, 0.25) is 0 Å². The minimum absolute atomic E-state index is 0.385. The Labute approximate surface area is 105 Å². The SMILES string of the molecule is CN1CCN(Cc2ccnc(NN)c2)C(=O)C1=O. The zero-order valence-electron chi connectivity index (χ0n) is 10.1. The van der Waals surface area contributed by atoms with Crippen molar-refractivity contribution in [3.05, 3.63) is 23.9 Å². The minimum Gasteiger partial charge on any atom is -0.336 e. The first-order valence-corrected chi connectivity index (χ1v) is 5.57. The number of nitrogen functional groups attached to an aromatic ring is 1. The number of hydrazine groups is 1. The van der Waals surface area contributed by atoms with Crippen molar-refractivity contribution in [2.45, 2.75) is 6.54 Å². The average Bonchev–Trinajstić information content (AvgIpc) is 2.40. The number of piperazine rings is 1. The van der Waals surface area contributed by atoms with Crippen molar-refractivity contribution in [1.29, 1.82) is 0 Å². The number of amides is 2. The van der Waals surface area contributed by atoms with Gasteiger partial charge in [-0.1, -0.05) is 0 Å². The third-order valence-electron chi connectivity index (χ3n) is 2.87. The van der Waals surface area contributed by atoms with Crippen LogP contribution in [0.3, 0.4) is 0 Å². The Bertz CT molecular complexity index is 476. The molecule has 1 saturated heterocycles. The van der Waals surface area contributed by atoms with Gasteiger partial charge >= 0.3 is 11.8 Å². The Morgan fingerprint density at radius 3 is 2.89 bits per heavy atom. The van der Waals surface area contributed by atoms with Gasteiger partial charge in [0, 0.05) is 32.9 Å². The highest BCUT2D eigenvalue weighted by Gasteiger charge is 2.30. The molecule has 3 N–H and O–H groups in total. The molecule has 0 atom stereocenters. The number of hydrogen-bond donors (Lipinski definition) is 2. The number of nitrogens with two attached hydrogens (primary N) is 1. The lowest BCUT2D eigenvalue weighted by Crippen LogP contribution is -2.52. The molecule has 0 radical (unpaired) electrons. The lowest BCUT2D eigenvalue weighted by atomic mass is 10.2. The second-order valence-corrected chi connectivity index (χ2v) is 4.15. The summed E-state index contributed by atoms with van der Waals surface area (Å²) in [5, 5.41) is 0. The van der Waals surface area contributed by atoms with Crippen LogP contribution in [0.4, 0.5) is 5.82 Å². The second-order valence-electron chi connectivity index (χ2n) is 4.15. The van der Waals surface area contributed by atoms with E-state index in [4.69, 9.17) is 5.84 Å². The maximum absolute atomic E-state index is 11.8. The number of carbonyl (C=O) groups is 2. The van der Waals surface area contributed by atoms with Crippen molar-refractivity contribution in [1.82, 2.24) is 14.8 Å². The van der Waals surface area contributed by atoms with E-state index in [0.717, 1.165) is 5.56 Å². The first kappa shape index (κ1) is 12.3. The van der Waals surface area contributed by atoms with Crippen molar-refractivity contribution in [3.8, 4) is 0 Å². The van der Waals surface area contributed by atoms with Crippen LogP contribution >= 0.6 is 0 Å². The van der Waals surface area contributed by atoms with Crippen LogP contribution < -0.4 is 11.3 Å². The molecule has 0 bridgehead atoms. The van der Waals surface area contributed by atoms with Gasteiger partial charge in [-0.05, 0) is 17.7 Å². The zero-order valence-corrected chi connectivity index (χ0v) is 10.1. The number of anilines is 1. The summed E-state index contributed by atoms with van der Waals surface area (Å²) in [5.41, 5.74) is 3.32. The Morgan fingerprint density at radius 2 is 2.17 bits per heavy atom. The lowest BCUT2D eigenvalue weighted by molar-refractivity contribution is -0.155. The average molecular weight is 249 g/mol. The predicted molar refractivity (Wildman–Crippen MR) is 65.1 cm³/mol. The molecule has 0 aromatic carbocycles. The highest BCUT2D eigenvalue weighted by molar-refractivity contribution is 6.35. The predicted octanol–water partition coefficient (Wildman–Crippen LogP) is -0.832. The Hall–Kier alpha value is -2.15. The Kier molecular flexibility index (Phi) is 3.42. The van der Waals surface area contributed by atoms with Crippen LogP contribution in [0.2, 0.25) is 0 Å². The molecular formula is C11H15N5O2. The van der Waals surface area contributed by atoms with Crippen molar-refractivity contribution in [2.24, 2.45) is 5.84 Å². The molecule has 1 fully saturated rings. The van der Waals surface area contributed by atoms with Crippen LogP contribution in [0.5, 0.6) is 0 Å². The maximum atomic E-state index is 11.8. The molecule has 1 aliphatic rings. The van der Waals surface area contributed by atoms with Crippen molar-refractivity contribution in [2.75, 3.05) is 25.6 Å². The largest absolute Gasteiger partial charge is 0.336 e. The van der Waals surface area contributed by atoms with E-state index in [0.29, 0.717) is 25.5 Å². The van der Waals surface area contributed by atoms with Crippen LogP contribution in [-0.2, 0) is 16.1 Å². The van der Waals surface area contributed by atoms with Crippen molar-refractivity contribution < 1.29 is 9.59 Å². The zero-order chi connectivity index (χ0) is 13.1. The van der Waals surface area contributed by atoms with Crippen LogP contribution in [0.15, 0.2) is 18.3 Å². The van der Waals surface area contributed by atoms with Gasteiger partial charge in [0.1, 0.15) is 5.82 Å². The molecule has 2 heterocycles. The quantitative estimate of drug-likeness (QED) is 0.414. The fourth-order valence-corrected chi connectivity index (χ4v) is 1.80. The van der Waals surface area contributed by atoms with Gasteiger partial charge < -0.3 is 15.2 Å². The van der Waals surface area contributed by atoms with E-state index in [1.54, 1.807) is 25.4 Å². The number of nitrogens with one attached hydrogen (secondary N) is 1. The Morgan fingerprint density at radius 1 is 1.39 bits per heavy atom. The van der Waals surface area contributed by atoms with Gasteiger partial charge in [0.25, 0.3) is 0 Å². The number of hydrogen-bond acceptors (Lipinski definition) is 5. The summed E-state index contributed by atoms with van der Waals surface area (Å²) in [6.45, 7) is 1.47. The second kappa shape index (κ2) is 5.01. The summed E-state index contributed by atoms with van der Waals surface area (Å²) < 4.78 is 0. The number of aromatic nitrogens is 1. The normalized spacial score (nSPS) is 16.1. The fourth-order valence-electron chi connectivity index (χ4n) is 1.80. The summed E-state index contributed by atoms with van der Waals surface area (Å²) in [6, 6.07) is 3.53.